The Labute approximate surface area is 180 Å². The van der Waals surface area contributed by atoms with Crippen LogP contribution in [0.3, 0.4) is 0 Å². The number of anilines is 2. The van der Waals surface area contributed by atoms with Gasteiger partial charge in [0.25, 0.3) is 0 Å². The van der Waals surface area contributed by atoms with Crippen molar-refractivity contribution in [2.24, 2.45) is 5.92 Å². The van der Waals surface area contributed by atoms with E-state index in [1.807, 2.05) is 12.1 Å². The summed E-state index contributed by atoms with van der Waals surface area (Å²) < 4.78 is 18.8. The molecule has 1 aromatic carbocycles. The van der Waals surface area contributed by atoms with Crippen LogP contribution in [0.4, 0.5) is 15.9 Å². The molecule has 0 radical (unpaired) electrons. The van der Waals surface area contributed by atoms with Gasteiger partial charge in [0.05, 0.1) is 7.11 Å². The molecule has 6 nitrogen and oxygen atoms in total. The van der Waals surface area contributed by atoms with Crippen LogP contribution in [0, 0.1) is 11.7 Å². The molecule has 4 rings (SSSR count). The smallest absolute Gasteiger partial charge is 0.228 e. The Morgan fingerprint density at radius 3 is 2.55 bits per heavy atom. The van der Waals surface area contributed by atoms with E-state index in [1.165, 1.54) is 19.2 Å². The average molecular weight is 420 g/mol. The van der Waals surface area contributed by atoms with Crippen LogP contribution in [0.25, 0.3) is 11.1 Å². The van der Waals surface area contributed by atoms with Gasteiger partial charge in [0.2, 0.25) is 5.91 Å². The number of halogens is 1. The van der Waals surface area contributed by atoms with Crippen LogP contribution in [-0.4, -0.2) is 29.0 Å². The van der Waals surface area contributed by atoms with E-state index in [0.29, 0.717) is 17.6 Å². The Morgan fingerprint density at radius 1 is 1.03 bits per heavy atom. The normalized spacial score (nSPS) is 18.3. The van der Waals surface area contributed by atoms with Gasteiger partial charge in [0.1, 0.15) is 17.4 Å². The number of carbonyl (C=O) groups is 1. The van der Waals surface area contributed by atoms with Crippen molar-refractivity contribution in [3.8, 4) is 16.9 Å². The zero-order valence-corrected chi connectivity index (χ0v) is 17.3. The number of aromatic nitrogens is 2. The highest BCUT2D eigenvalue weighted by Gasteiger charge is 2.26. The highest BCUT2D eigenvalue weighted by Crippen LogP contribution is 2.32. The first-order valence-electron chi connectivity index (χ1n) is 10.4. The number of hydrogen-bond acceptors (Lipinski definition) is 5. The van der Waals surface area contributed by atoms with Crippen LogP contribution in [0.5, 0.6) is 5.75 Å². The molecule has 1 aliphatic rings. The summed E-state index contributed by atoms with van der Waals surface area (Å²) >= 11 is 0. The van der Waals surface area contributed by atoms with Crippen molar-refractivity contribution in [1.29, 1.82) is 0 Å². The Bertz CT molecular complexity index is 1040. The SMILES string of the molecule is COc1cc(F)ccc1-c1ccnc(NC(=O)C2CCC(Nc3ccncc3)CC2)c1. The van der Waals surface area contributed by atoms with Gasteiger partial charge in [-0.25, -0.2) is 9.37 Å². The summed E-state index contributed by atoms with van der Waals surface area (Å²) in [6.07, 6.45) is 8.67. The van der Waals surface area contributed by atoms with E-state index in [-0.39, 0.29) is 17.6 Å². The van der Waals surface area contributed by atoms with Crippen LogP contribution < -0.4 is 15.4 Å². The van der Waals surface area contributed by atoms with Gasteiger partial charge >= 0.3 is 0 Å². The molecule has 31 heavy (non-hydrogen) atoms. The van der Waals surface area contributed by atoms with Crippen LogP contribution in [0.15, 0.2) is 61.1 Å². The zero-order valence-electron chi connectivity index (χ0n) is 17.3. The topological polar surface area (TPSA) is 76.1 Å². The van der Waals surface area contributed by atoms with Gasteiger partial charge in [-0.2, -0.15) is 0 Å². The van der Waals surface area contributed by atoms with Crippen LogP contribution in [0.1, 0.15) is 25.7 Å². The molecule has 1 saturated carbocycles. The molecule has 1 fully saturated rings. The van der Waals surface area contributed by atoms with Crippen molar-refractivity contribution in [2.75, 3.05) is 17.7 Å². The molecule has 1 amide bonds. The van der Waals surface area contributed by atoms with E-state index < -0.39 is 0 Å². The van der Waals surface area contributed by atoms with E-state index in [9.17, 15) is 9.18 Å². The molecule has 3 aromatic rings. The summed E-state index contributed by atoms with van der Waals surface area (Å²) in [5.41, 5.74) is 2.59. The Balaban J connectivity index is 1.37. The van der Waals surface area contributed by atoms with Gasteiger partial charge in [0.15, 0.2) is 0 Å². The van der Waals surface area contributed by atoms with Crippen molar-refractivity contribution in [3.63, 3.8) is 0 Å². The maximum absolute atomic E-state index is 13.5. The lowest BCUT2D eigenvalue weighted by Gasteiger charge is -2.29. The first-order valence-corrected chi connectivity index (χ1v) is 10.4. The molecule has 0 saturated heterocycles. The summed E-state index contributed by atoms with van der Waals surface area (Å²) in [6.45, 7) is 0. The van der Waals surface area contributed by atoms with Crippen molar-refractivity contribution < 1.29 is 13.9 Å². The minimum absolute atomic E-state index is 0.0157. The third-order valence-electron chi connectivity index (χ3n) is 5.63. The predicted octanol–water partition coefficient (Wildman–Crippen LogP) is 4.90. The number of benzene rings is 1. The molecule has 0 atom stereocenters. The number of rotatable bonds is 6. The third-order valence-corrected chi connectivity index (χ3v) is 5.63. The predicted molar refractivity (Wildman–Crippen MR) is 118 cm³/mol. The van der Waals surface area contributed by atoms with E-state index in [1.54, 1.807) is 36.8 Å². The molecule has 160 valence electrons. The molecule has 0 unspecified atom stereocenters. The van der Waals surface area contributed by atoms with E-state index in [4.69, 9.17) is 4.74 Å². The van der Waals surface area contributed by atoms with E-state index >= 15 is 0 Å². The van der Waals surface area contributed by atoms with Crippen molar-refractivity contribution in [3.05, 3.63) is 66.9 Å². The second kappa shape index (κ2) is 9.55. The maximum atomic E-state index is 13.5. The lowest BCUT2D eigenvalue weighted by Crippen LogP contribution is -2.32. The van der Waals surface area contributed by atoms with E-state index in [0.717, 1.165) is 42.5 Å². The number of carbonyl (C=O) groups excluding carboxylic acids is 1. The molecule has 2 heterocycles. The monoisotopic (exact) mass is 420 g/mol. The van der Waals surface area contributed by atoms with Crippen molar-refractivity contribution >= 4 is 17.4 Å². The summed E-state index contributed by atoms with van der Waals surface area (Å²) in [6, 6.07) is 12.2. The standard InChI is InChI=1S/C24H25FN4O2/c1-31-22-15-18(25)4-7-21(22)17-8-13-27-23(14-17)29-24(30)16-2-5-19(6-3-16)28-20-9-11-26-12-10-20/h4,7-16,19H,2-3,5-6H2,1H3,(H,26,28)(H,27,29,30). The average Bonchev–Trinajstić information content (AvgIpc) is 2.80. The number of pyridine rings is 2. The summed E-state index contributed by atoms with van der Waals surface area (Å²) in [4.78, 5) is 21.1. The number of nitrogens with zero attached hydrogens (tertiary/aromatic N) is 2. The summed E-state index contributed by atoms with van der Waals surface area (Å²) in [5.74, 6) is 0.492. The number of ether oxygens (including phenoxy) is 1. The first-order chi connectivity index (χ1) is 15.1. The van der Waals surface area contributed by atoms with Gasteiger partial charge in [-0.3, -0.25) is 9.78 Å². The summed E-state index contributed by atoms with van der Waals surface area (Å²) in [7, 11) is 1.50. The van der Waals surface area contributed by atoms with E-state index in [2.05, 4.69) is 20.6 Å². The minimum atomic E-state index is -0.364. The molecular weight excluding hydrogens is 395 g/mol. The number of methoxy groups -OCH3 is 1. The molecular formula is C24H25FN4O2. The van der Waals surface area contributed by atoms with Crippen LogP contribution in [-0.2, 0) is 4.79 Å². The molecule has 0 spiro atoms. The van der Waals surface area contributed by atoms with Crippen LogP contribution in [0.2, 0.25) is 0 Å². The minimum Gasteiger partial charge on any atom is -0.496 e. The molecule has 2 N–H and O–H groups in total. The number of hydrogen-bond donors (Lipinski definition) is 2. The lowest BCUT2D eigenvalue weighted by atomic mass is 9.85. The molecule has 2 aromatic heterocycles. The second-order valence-corrected chi connectivity index (χ2v) is 7.69. The summed E-state index contributed by atoms with van der Waals surface area (Å²) in [5, 5.41) is 6.45. The van der Waals surface area contributed by atoms with Gasteiger partial charge in [-0.05, 0) is 67.6 Å². The quantitative estimate of drug-likeness (QED) is 0.593. The fourth-order valence-electron chi connectivity index (χ4n) is 3.98. The Kier molecular flexibility index (Phi) is 6.40. The van der Waals surface area contributed by atoms with Gasteiger partial charge in [0, 0.05) is 47.9 Å². The lowest BCUT2D eigenvalue weighted by molar-refractivity contribution is -0.120. The van der Waals surface area contributed by atoms with Crippen molar-refractivity contribution in [1.82, 2.24) is 9.97 Å². The Morgan fingerprint density at radius 2 is 1.81 bits per heavy atom. The maximum Gasteiger partial charge on any atom is 0.228 e. The zero-order chi connectivity index (χ0) is 21.6. The first kappa shape index (κ1) is 20.8. The fraction of sp³-hybridized carbons (Fsp3) is 0.292. The van der Waals surface area contributed by atoms with Gasteiger partial charge in [-0.1, -0.05) is 0 Å². The van der Waals surface area contributed by atoms with Gasteiger partial charge < -0.3 is 15.4 Å². The van der Waals surface area contributed by atoms with Crippen molar-refractivity contribution in [2.45, 2.75) is 31.7 Å². The molecule has 1 aliphatic carbocycles. The largest absolute Gasteiger partial charge is 0.496 e. The number of nitrogens with one attached hydrogen (secondary N) is 2. The molecule has 0 bridgehead atoms. The van der Waals surface area contributed by atoms with Crippen LogP contribution >= 0.6 is 0 Å². The Hall–Kier alpha value is -3.48. The highest BCUT2D eigenvalue weighted by atomic mass is 19.1. The third kappa shape index (κ3) is 5.17. The fourth-order valence-corrected chi connectivity index (χ4v) is 3.98. The second-order valence-electron chi connectivity index (χ2n) is 7.69. The highest BCUT2D eigenvalue weighted by molar-refractivity contribution is 5.92. The molecule has 0 aliphatic heterocycles. The number of amides is 1. The molecule has 7 heteroatoms. The van der Waals surface area contributed by atoms with Gasteiger partial charge in [-0.15, -0.1) is 0 Å².